The molecule has 2 aromatic rings. The Morgan fingerprint density at radius 2 is 1.83 bits per heavy atom. The summed E-state index contributed by atoms with van der Waals surface area (Å²) in [5.41, 5.74) is 4.27. The highest BCUT2D eigenvalue weighted by atomic mass is 16.5. The molecule has 0 unspecified atom stereocenters. The van der Waals surface area contributed by atoms with Crippen molar-refractivity contribution in [2.24, 2.45) is 0 Å². The molecule has 9 nitrogen and oxygen atoms in total. The van der Waals surface area contributed by atoms with Gasteiger partial charge in [0.1, 0.15) is 5.69 Å². The van der Waals surface area contributed by atoms with Gasteiger partial charge in [-0.2, -0.15) is 0 Å². The number of hydrogen-bond donors (Lipinski definition) is 4. The Morgan fingerprint density at radius 3 is 2.46 bits per heavy atom. The molecule has 0 atom stereocenters. The average Bonchev–Trinajstić information content (AvgIpc) is 2.56. The van der Waals surface area contributed by atoms with Gasteiger partial charge in [-0.15, -0.1) is 0 Å². The van der Waals surface area contributed by atoms with Crippen LogP contribution in [0.5, 0.6) is 0 Å². The molecule has 0 fully saturated rings. The third kappa shape index (κ3) is 4.09. The third-order valence-electron chi connectivity index (χ3n) is 3.16. The summed E-state index contributed by atoms with van der Waals surface area (Å²) >= 11 is 0. The first-order valence-corrected chi connectivity index (χ1v) is 7.08. The van der Waals surface area contributed by atoms with E-state index in [4.69, 9.17) is 10.5 Å². The number of benzene rings is 1. The van der Waals surface area contributed by atoms with Gasteiger partial charge >= 0.3 is 11.7 Å². The minimum atomic E-state index is -1.08. The van der Waals surface area contributed by atoms with E-state index in [1.165, 1.54) is 0 Å². The first-order chi connectivity index (χ1) is 11.4. The summed E-state index contributed by atoms with van der Waals surface area (Å²) in [6, 6.07) is 7.18. The molecule has 1 aromatic heterocycles. The van der Waals surface area contributed by atoms with Crippen LogP contribution < -0.4 is 22.3 Å². The second-order valence-electron chi connectivity index (χ2n) is 4.87. The van der Waals surface area contributed by atoms with Crippen LogP contribution in [0.25, 0.3) is 0 Å². The van der Waals surface area contributed by atoms with Gasteiger partial charge in [-0.25, -0.2) is 9.59 Å². The molecular weight excluding hydrogens is 316 g/mol. The van der Waals surface area contributed by atoms with Gasteiger partial charge in [0.25, 0.3) is 11.5 Å². The molecule has 0 bridgehead atoms. The third-order valence-corrected chi connectivity index (χ3v) is 3.16. The van der Waals surface area contributed by atoms with Gasteiger partial charge in [0, 0.05) is 5.69 Å². The summed E-state index contributed by atoms with van der Waals surface area (Å²) in [6.07, 6.45) is 0.877. The van der Waals surface area contributed by atoms with E-state index in [1.54, 1.807) is 12.1 Å². The number of esters is 1. The number of aryl methyl sites for hydroxylation is 1. The molecule has 0 saturated carbocycles. The summed E-state index contributed by atoms with van der Waals surface area (Å²) in [6.45, 7) is 1.42. The van der Waals surface area contributed by atoms with Crippen molar-refractivity contribution in [2.75, 3.05) is 17.7 Å². The highest BCUT2D eigenvalue weighted by Gasteiger charge is 2.17. The van der Waals surface area contributed by atoms with Gasteiger partial charge in [0.15, 0.2) is 12.3 Å². The molecule has 126 valence electrons. The van der Waals surface area contributed by atoms with Crippen molar-refractivity contribution in [3.8, 4) is 0 Å². The summed E-state index contributed by atoms with van der Waals surface area (Å²) in [5, 5.41) is 2.55. The van der Waals surface area contributed by atoms with Crippen molar-refractivity contribution in [2.45, 2.75) is 13.3 Å². The number of carbonyl (C=O) groups is 2. The van der Waals surface area contributed by atoms with Gasteiger partial charge < -0.3 is 15.8 Å². The maximum atomic E-state index is 11.8. The molecule has 1 amide bonds. The van der Waals surface area contributed by atoms with Crippen LogP contribution in [0.4, 0.5) is 11.4 Å². The molecule has 9 heteroatoms. The fraction of sp³-hybridized carbons (Fsp3) is 0.200. The first-order valence-electron chi connectivity index (χ1n) is 7.08. The summed E-state index contributed by atoms with van der Waals surface area (Å²) in [7, 11) is 0. The number of rotatable bonds is 5. The van der Waals surface area contributed by atoms with E-state index in [0.717, 1.165) is 12.0 Å². The Kier molecular flexibility index (Phi) is 5.15. The zero-order valence-electron chi connectivity index (χ0n) is 12.8. The molecule has 0 aliphatic heterocycles. The Labute approximate surface area is 135 Å². The summed E-state index contributed by atoms with van der Waals surface area (Å²) < 4.78 is 4.74. The number of nitrogen functional groups attached to an aromatic ring is 1. The van der Waals surface area contributed by atoms with Crippen molar-refractivity contribution in [1.82, 2.24) is 9.97 Å². The minimum Gasteiger partial charge on any atom is -0.451 e. The largest absolute Gasteiger partial charge is 0.451 e. The van der Waals surface area contributed by atoms with Crippen LogP contribution in [-0.2, 0) is 16.0 Å². The number of nitrogens with one attached hydrogen (secondary N) is 3. The number of aromatic amines is 2. The fourth-order valence-electron chi connectivity index (χ4n) is 1.88. The summed E-state index contributed by atoms with van der Waals surface area (Å²) in [5.74, 6) is -1.65. The maximum Gasteiger partial charge on any atom is 0.357 e. The number of ether oxygens (including phenoxy) is 1. The van der Waals surface area contributed by atoms with Crippen LogP contribution >= 0.6 is 0 Å². The van der Waals surface area contributed by atoms with Crippen molar-refractivity contribution in [1.29, 1.82) is 0 Å². The zero-order chi connectivity index (χ0) is 17.7. The normalized spacial score (nSPS) is 10.2. The van der Waals surface area contributed by atoms with Crippen LogP contribution in [-0.4, -0.2) is 28.5 Å². The maximum absolute atomic E-state index is 11.8. The topological polar surface area (TPSA) is 147 Å². The molecule has 24 heavy (non-hydrogen) atoms. The van der Waals surface area contributed by atoms with Gasteiger partial charge in [-0.1, -0.05) is 19.1 Å². The van der Waals surface area contributed by atoms with Crippen LogP contribution in [0.1, 0.15) is 23.0 Å². The molecule has 2 rings (SSSR count). The lowest BCUT2D eigenvalue weighted by Crippen LogP contribution is -2.30. The van der Waals surface area contributed by atoms with E-state index in [1.807, 2.05) is 24.0 Å². The Hall–Kier alpha value is -3.36. The van der Waals surface area contributed by atoms with Crippen LogP contribution in [0.15, 0.2) is 33.9 Å². The zero-order valence-corrected chi connectivity index (χ0v) is 12.8. The minimum absolute atomic E-state index is 0.491. The molecular formula is C15H16N4O5. The fourth-order valence-corrected chi connectivity index (χ4v) is 1.88. The van der Waals surface area contributed by atoms with E-state index >= 15 is 0 Å². The van der Waals surface area contributed by atoms with Crippen LogP contribution in [0.2, 0.25) is 0 Å². The number of carbonyl (C=O) groups excluding carboxylic acids is 2. The van der Waals surface area contributed by atoms with Crippen LogP contribution in [0.3, 0.4) is 0 Å². The summed E-state index contributed by atoms with van der Waals surface area (Å²) in [4.78, 5) is 49.9. The molecule has 1 aromatic carbocycles. The number of amides is 1. The lowest BCUT2D eigenvalue weighted by molar-refractivity contribution is -0.119. The van der Waals surface area contributed by atoms with Gasteiger partial charge in [0.2, 0.25) is 0 Å². The lowest BCUT2D eigenvalue weighted by atomic mass is 10.1. The highest BCUT2D eigenvalue weighted by Crippen LogP contribution is 2.10. The molecule has 0 aliphatic carbocycles. The Balaban J connectivity index is 1.97. The monoisotopic (exact) mass is 332 g/mol. The first kappa shape index (κ1) is 17.0. The molecule has 0 spiro atoms. The Morgan fingerprint density at radius 1 is 1.17 bits per heavy atom. The number of H-pyrrole nitrogens is 2. The predicted molar refractivity (Wildman–Crippen MR) is 86.8 cm³/mol. The van der Waals surface area contributed by atoms with Crippen molar-refractivity contribution >= 4 is 23.3 Å². The number of hydrogen-bond acceptors (Lipinski definition) is 6. The lowest BCUT2D eigenvalue weighted by Gasteiger charge is -2.08. The van der Waals surface area contributed by atoms with E-state index in [-0.39, 0.29) is 0 Å². The van der Waals surface area contributed by atoms with Gasteiger partial charge in [0.05, 0.1) is 0 Å². The SMILES string of the molecule is CCc1ccc(NC(=O)COC(=O)c2[nH]c(=O)[nH]c(=O)c2N)cc1. The van der Waals surface area contributed by atoms with Gasteiger partial charge in [-0.05, 0) is 24.1 Å². The average molecular weight is 332 g/mol. The second kappa shape index (κ2) is 7.27. The molecule has 0 radical (unpaired) electrons. The van der Waals surface area contributed by atoms with Crippen molar-refractivity contribution < 1.29 is 14.3 Å². The van der Waals surface area contributed by atoms with Gasteiger partial charge in [-0.3, -0.25) is 19.6 Å². The second-order valence-corrected chi connectivity index (χ2v) is 4.87. The van der Waals surface area contributed by atoms with Crippen LogP contribution in [0, 0.1) is 0 Å². The van der Waals surface area contributed by atoms with E-state index in [2.05, 4.69) is 10.3 Å². The van der Waals surface area contributed by atoms with Crippen molar-refractivity contribution in [3.63, 3.8) is 0 Å². The number of anilines is 2. The smallest absolute Gasteiger partial charge is 0.357 e. The highest BCUT2D eigenvalue weighted by molar-refractivity contribution is 5.96. The van der Waals surface area contributed by atoms with E-state index in [9.17, 15) is 19.2 Å². The quantitative estimate of drug-likeness (QED) is 0.567. The standard InChI is InChI=1S/C15H16N4O5/c1-2-8-3-5-9(6-4-8)17-10(20)7-24-14(22)12-11(16)13(21)19-15(23)18-12/h3-6H,2,7,16H2,1H3,(H,17,20)(H2,18,19,21,23). The number of nitrogens with two attached hydrogens (primary N) is 1. The number of aromatic nitrogens is 2. The molecule has 1 heterocycles. The molecule has 0 aliphatic rings. The van der Waals surface area contributed by atoms with Crippen molar-refractivity contribution in [3.05, 3.63) is 56.4 Å². The van der Waals surface area contributed by atoms with E-state index in [0.29, 0.717) is 5.69 Å². The van der Waals surface area contributed by atoms with E-state index < -0.39 is 41.1 Å². The predicted octanol–water partition coefficient (Wildman–Crippen LogP) is 0.00330. The molecule has 5 N–H and O–H groups in total. The molecule has 0 saturated heterocycles. The Bertz CT molecular complexity index is 867.